The second kappa shape index (κ2) is 10.8. The van der Waals surface area contributed by atoms with Gasteiger partial charge < -0.3 is 15.0 Å². The average Bonchev–Trinajstić information content (AvgIpc) is 3.09. The van der Waals surface area contributed by atoms with E-state index in [1.807, 2.05) is 31.1 Å². The number of carbonyl (C=O) groups is 2. The number of hydrogen-bond donors (Lipinski definition) is 1. The van der Waals surface area contributed by atoms with Gasteiger partial charge in [-0.05, 0) is 68.3 Å². The molecule has 0 saturated carbocycles. The Labute approximate surface area is 195 Å². The molecule has 0 bridgehead atoms. The number of rotatable bonds is 7. The first-order chi connectivity index (χ1) is 15.7. The molecular formula is C24H31N3O5S. The second-order valence-electron chi connectivity index (χ2n) is 8.32. The smallest absolute Gasteiger partial charge is 0.338 e. The van der Waals surface area contributed by atoms with Gasteiger partial charge in [0.05, 0.1) is 10.5 Å². The van der Waals surface area contributed by atoms with Gasteiger partial charge in [-0.1, -0.05) is 12.8 Å². The third-order valence-corrected chi connectivity index (χ3v) is 7.51. The summed E-state index contributed by atoms with van der Waals surface area (Å²) in [7, 11) is 0.252. The first-order valence-corrected chi connectivity index (χ1v) is 12.5. The summed E-state index contributed by atoms with van der Waals surface area (Å²) in [6.45, 7) is 2.51. The minimum atomic E-state index is -3.59. The minimum Gasteiger partial charge on any atom is -0.449 e. The summed E-state index contributed by atoms with van der Waals surface area (Å²) in [5, 5.41) is 2.72. The van der Waals surface area contributed by atoms with Crippen molar-refractivity contribution >= 4 is 33.3 Å². The fourth-order valence-corrected chi connectivity index (χ4v) is 5.08. The molecule has 0 aromatic heterocycles. The van der Waals surface area contributed by atoms with E-state index < -0.39 is 28.0 Å². The molecule has 33 heavy (non-hydrogen) atoms. The van der Waals surface area contributed by atoms with Gasteiger partial charge in [-0.2, -0.15) is 4.31 Å². The Bertz CT molecular complexity index is 1060. The van der Waals surface area contributed by atoms with E-state index in [0.717, 1.165) is 31.4 Å². The van der Waals surface area contributed by atoms with E-state index in [9.17, 15) is 18.0 Å². The number of hydrogen-bond acceptors (Lipinski definition) is 6. The normalized spacial score (nSPS) is 15.8. The number of amides is 1. The quantitative estimate of drug-likeness (QED) is 0.619. The van der Waals surface area contributed by atoms with Crippen molar-refractivity contribution in [1.82, 2.24) is 4.31 Å². The van der Waals surface area contributed by atoms with E-state index in [4.69, 9.17) is 4.74 Å². The van der Waals surface area contributed by atoms with Crippen LogP contribution in [0.3, 0.4) is 0 Å². The first kappa shape index (κ1) is 24.7. The molecule has 3 rings (SSSR count). The monoisotopic (exact) mass is 473 g/mol. The fourth-order valence-electron chi connectivity index (χ4n) is 3.56. The topological polar surface area (TPSA) is 96.0 Å². The summed E-state index contributed by atoms with van der Waals surface area (Å²) < 4.78 is 32.5. The predicted octanol–water partition coefficient (Wildman–Crippen LogP) is 3.50. The van der Waals surface area contributed by atoms with Crippen LogP contribution in [0, 0.1) is 0 Å². The van der Waals surface area contributed by atoms with Gasteiger partial charge >= 0.3 is 5.97 Å². The maximum absolute atomic E-state index is 12.9. The molecule has 1 atom stereocenters. The molecule has 8 nitrogen and oxygen atoms in total. The maximum atomic E-state index is 12.9. The predicted molar refractivity (Wildman–Crippen MR) is 128 cm³/mol. The molecule has 2 aromatic rings. The number of nitrogens with zero attached hydrogens (tertiary/aromatic N) is 2. The number of sulfonamides is 1. The van der Waals surface area contributed by atoms with Crippen LogP contribution in [0.5, 0.6) is 0 Å². The van der Waals surface area contributed by atoms with Gasteiger partial charge in [0.25, 0.3) is 5.91 Å². The van der Waals surface area contributed by atoms with E-state index in [2.05, 4.69) is 5.32 Å². The first-order valence-electron chi connectivity index (χ1n) is 11.1. The molecule has 1 fully saturated rings. The van der Waals surface area contributed by atoms with Crippen LogP contribution in [0.2, 0.25) is 0 Å². The lowest BCUT2D eigenvalue weighted by molar-refractivity contribution is -0.123. The highest BCUT2D eigenvalue weighted by Gasteiger charge is 2.26. The molecule has 0 radical (unpaired) electrons. The Balaban J connectivity index is 1.59. The van der Waals surface area contributed by atoms with Gasteiger partial charge in [0.1, 0.15) is 0 Å². The van der Waals surface area contributed by atoms with Crippen LogP contribution in [0.1, 0.15) is 43.0 Å². The summed E-state index contributed by atoms with van der Waals surface area (Å²) >= 11 is 0. The number of carbonyl (C=O) groups excluding carboxylic acids is 2. The van der Waals surface area contributed by atoms with Crippen molar-refractivity contribution in [3.05, 3.63) is 54.1 Å². The molecule has 9 heteroatoms. The standard InChI is InChI=1S/C24H31N3O5S/c1-18(23(28)25-20-10-12-21(13-11-20)26(2)3)32-24(29)19-8-14-22(15-9-19)33(30,31)27-16-6-4-5-7-17-27/h8-15,18H,4-7,16-17H2,1-3H3,(H,25,28). The van der Waals surface area contributed by atoms with Gasteiger partial charge in [-0.15, -0.1) is 0 Å². The zero-order chi connectivity index (χ0) is 24.0. The number of benzene rings is 2. The van der Waals surface area contributed by atoms with Crippen molar-refractivity contribution < 1.29 is 22.7 Å². The summed E-state index contributed by atoms with van der Waals surface area (Å²) in [6, 6.07) is 12.9. The molecule has 0 aliphatic carbocycles. The SMILES string of the molecule is CC(OC(=O)c1ccc(S(=O)(=O)N2CCCCCC2)cc1)C(=O)Nc1ccc(N(C)C)cc1. The van der Waals surface area contributed by atoms with Gasteiger partial charge in [-0.3, -0.25) is 4.79 Å². The van der Waals surface area contributed by atoms with Crippen LogP contribution in [0.15, 0.2) is 53.4 Å². The average molecular weight is 474 g/mol. The molecule has 1 heterocycles. The molecule has 1 aliphatic rings. The molecule has 1 amide bonds. The Kier molecular flexibility index (Phi) is 8.10. The van der Waals surface area contributed by atoms with Gasteiger partial charge in [0, 0.05) is 38.6 Å². The van der Waals surface area contributed by atoms with Crippen molar-refractivity contribution in [2.24, 2.45) is 0 Å². The van der Waals surface area contributed by atoms with Crippen molar-refractivity contribution in [1.29, 1.82) is 0 Å². The Morgan fingerprint density at radius 3 is 2.06 bits per heavy atom. The maximum Gasteiger partial charge on any atom is 0.338 e. The van der Waals surface area contributed by atoms with Gasteiger partial charge in [-0.25, -0.2) is 13.2 Å². The van der Waals surface area contributed by atoms with Crippen molar-refractivity contribution in [3.8, 4) is 0 Å². The number of nitrogens with one attached hydrogen (secondary N) is 1. The Hall–Kier alpha value is -2.91. The van der Waals surface area contributed by atoms with Crippen LogP contribution in [0.4, 0.5) is 11.4 Å². The third-order valence-electron chi connectivity index (χ3n) is 5.60. The lowest BCUT2D eigenvalue weighted by Crippen LogP contribution is -2.32. The van der Waals surface area contributed by atoms with E-state index in [-0.39, 0.29) is 10.5 Å². The van der Waals surface area contributed by atoms with E-state index in [1.54, 1.807) is 12.1 Å². The minimum absolute atomic E-state index is 0.146. The summed E-state index contributed by atoms with van der Waals surface area (Å²) in [5.74, 6) is -1.15. The zero-order valence-electron chi connectivity index (χ0n) is 19.3. The molecule has 2 aromatic carbocycles. The van der Waals surface area contributed by atoms with Crippen LogP contribution in [-0.4, -0.2) is 57.9 Å². The molecule has 1 aliphatic heterocycles. The molecule has 1 unspecified atom stereocenters. The second-order valence-corrected chi connectivity index (χ2v) is 10.3. The summed E-state index contributed by atoms with van der Waals surface area (Å²) in [4.78, 5) is 27.0. The molecule has 1 saturated heterocycles. The van der Waals surface area contributed by atoms with Crippen LogP contribution in [-0.2, 0) is 19.6 Å². The van der Waals surface area contributed by atoms with Crippen molar-refractivity contribution in [2.75, 3.05) is 37.4 Å². The third kappa shape index (κ3) is 6.33. The highest BCUT2D eigenvalue weighted by atomic mass is 32.2. The highest BCUT2D eigenvalue weighted by molar-refractivity contribution is 7.89. The summed E-state index contributed by atoms with van der Waals surface area (Å²) in [6.07, 6.45) is 2.74. The molecule has 178 valence electrons. The van der Waals surface area contributed by atoms with Crippen LogP contribution < -0.4 is 10.2 Å². The van der Waals surface area contributed by atoms with Crippen molar-refractivity contribution in [3.63, 3.8) is 0 Å². The van der Waals surface area contributed by atoms with E-state index in [1.165, 1.54) is 35.5 Å². The van der Waals surface area contributed by atoms with E-state index in [0.29, 0.717) is 18.8 Å². The van der Waals surface area contributed by atoms with Crippen LogP contribution in [0.25, 0.3) is 0 Å². The lowest BCUT2D eigenvalue weighted by Gasteiger charge is -2.20. The lowest BCUT2D eigenvalue weighted by atomic mass is 10.2. The number of ether oxygens (including phenoxy) is 1. The fraction of sp³-hybridized carbons (Fsp3) is 0.417. The Morgan fingerprint density at radius 1 is 0.939 bits per heavy atom. The number of esters is 1. The largest absolute Gasteiger partial charge is 0.449 e. The Morgan fingerprint density at radius 2 is 1.52 bits per heavy atom. The number of anilines is 2. The summed E-state index contributed by atoms with van der Waals surface area (Å²) in [5.41, 5.74) is 1.77. The molecule has 0 spiro atoms. The van der Waals surface area contributed by atoms with Gasteiger partial charge in [0.2, 0.25) is 10.0 Å². The van der Waals surface area contributed by atoms with Crippen molar-refractivity contribution in [2.45, 2.75) is 43.6 Å². The molecular weight excluding hydrogens is 442 g/mol. The van der Waals surface area contributed by atoms with Gasteiger partial charge in [0.15, 0.2) is 6.10 Å². The van der Waals surface area contributed by atoms with Crippen LogP contribution >= 0.6 is 0 Å². The highest BCUT2D eigenvalue weighted by Crippen LogP contribution is 2.21. The molecule has 1 N–H and O–H groups in total. The zero-order valence-corrected chi connectivity index (χ0v) is 20.1. The van der Waals surface area contributed by atoms with E-state index >= 15 is 0 Å².